The first kappa shape index (κ1) is 10.8. The fourth-order valence-electron chi connectivity index (χ4n) is 1.33. The number of benzene rings is 1. The second kappa shape index (κ2) is 4.86. The van der Waals surface area contributed by atoms with E-state index in [0.29, 0.717) is 5.02 Å². The van der Waals surface area contributed by atoms with Gasteiger partial charge in [-0.15, -0.1) is 0 Å². The Morgan fingerprint density at radius 2 is 2.06 bits per heavy atom. The average Bonchev–Trinajstić information content (AvgIpc) is 2.67. The number of halogens is 1. The van der Waals surface area contributed by atoms with E-state index in [1.54, 1.807) is 6.21 Å². The predicted molar refractivity (Wildman–Crippen MR) is 68.1 cm³/mol. The summed E-state index contributed by atoms with van der Waals surface area (Å²) in [6.45, 7) is 0. The number of nitrogens with zero attached hydrogens (tertiary/aromatic N) is 2. The molecule has 1 N–H and O–H groups in total. The van der Waals surface area contributed by atoms with E-state index in [9.17, 15) is 0 Å². The van der Waals surface area contributed by atoms with Crippen LogP contribution in [-0.4, -0.2) is 10.8 Å². The molecule has 1 heterocycles. The Labute approximate surface area is 99.4 Å². The average molecular weight is 234 g/mol. The Morgan fingerprint density at radius 1 is 1.25 bits per heavy atom. The van der Waals surface area contributed by atoms with Crippen molar-refractivity contribution in [2.45, 2.75) is 0 Å². The molecule has 3 nitrogen and oxygen atoms in total. The van der Waals surface area contributed by atoms with E-state index in [4.69, 9.17) is 11.6 Å². The lowest BCUT2D eigenvalue weighted by Gasteiger charge is -2.01. The van der Waals surface area contributed by atoms with Crippen LogP contribution in [0.2, 0.25) is 5.02 Å². The fraction of sp³-hybridized carbons (Fsp3) is 0.0833. The van der Waals surface area contributed by atoms with Gasteiger partial charge in [-0.2, -0.15) is 5.10 Å². The minimum atomic E-state index is 0.659. The van der Waals surface area contributed by atoms with Crippen molar-refractivity contribution in [3.05, 3.63) is 53.3 Å². The highest BCUT2D eigenvalue weighted by atomic mass is 35.5. The van der Waals surface area contributed by atoms with Gasteiger partial charge in [0.15, 0.2) is 0 Å². The Morgan fingerprint density at radius 3 is 2.75 bits per heavy atom. The molecule has 0 saturated heterocycles. The van der Waals surface area contributed by atoms with Crippen LogP contribution in [0.15, 0.2) is 47.7 Å². The minimum absolute atomic E-state index is 0.659. The Bertz CT molecular complexity index is 502. The zero-order valence-electron chi connectivity index (χ0n) is 8.89. The van der Waals surface area contributed by atoms with E-state index < -0.39 is 0 Å². The molecule has 0 aliphatic carbocycles. The molecule has 0 fully saturated rings. The van der Waals surface area contributed by atoms with Gasteiger partial charge in [0.2, 0.25) is 0 Å². The van der Waals surface area contributed by atoms with Gasteiger partial charge in [-0.3, -0.25) is 5.43 Å². The SMILES string of the molecule is Cn1cccc1/C=N/Nc1ccccc1Cl. The van der Waals surface area contributed by atoms with Crippen LogP contribution >= 0.6 is 11.6 Å². The summed E-state index contributed by atoms with van der Waals surface area (Å²) >= 11 is 5.97. The highest BCUT2D eigenvalue weighted by molar-refractivity contribution is 6.33. The number of rotatable bonds is 3. The largest absolute Gasteiger partial charge is 0.350 e. The summed E-state index contributed by atoms with van der Waals surface area (Å²) in [6.07, 6.45) is 3.72. The number of hydrogen-bond donors (Lipinski definition) is 1. The second-order valence-corrected chi connectivity index (χ2v) is 3.80. The van der Waals surface area contributed by atoms with Crippen molar-refractivity contribution < 1.29 is 0 Å². The van der Waals surface area contributed by atoms with Gasteiger partial charge in [0.25, 0.3) is 0 Å². The molecule has 0 aliphatic rings. The standard InChI is InChI=1S/C12H12ClN3/c1-16-8-4-5-10(16)9-14-15-12-7-3-2-6-11(12)13/h2-9,15H,1H3/b14-9+. The van der Waals surface area contributed by atoms with Crippen LogP contribution in [0, 0.1) is 0 Å². The van der Waals surface area contributed by atoms with Gasteiger partial charge in [-0.25, -0.2) is 0 Å². The highest BCUT2D eigenvalue weighted by Gasteiger charge is 1.95. The molecule has 82 valence electrons. The van der Waals surface area contributed by atoms with Crippen LogP contribution in [0.4, 0.5) is 5.69 Å². The molecule has 0 spiro atoms. The summed E-state index contributed by atoms with van der Waals surface area (Å²) < 4.78 is 1.98. The van der Waals surface area contributed by atoms with E-state index in [0.717, 1.165) is 11.4 Å². The van der Waals surface area contributed by atoms with Crippen molar-refractivity contribution in [3.63, 3.8) is 0 Å². The molecule has 2 rings (SSSR count). The zero-order valence-corrected chi connectivity index (χ0v) is 9.65. The van der Waals surface area contributed by atoms with Crippen LogP contribution < -0.4 is 5.43 Å². The molecule has 0 unspecified atom stereocenters. The first-order chi connectivity index (χ1) is 7.77. The number of hydrogen-bond acceptors (Lipinski definition) is 2. The highest BCUT2D eigenvalue weighted by Crippen LogP contribution is 2.20. The number of para-hydroxylation sites is 1. The molecular weight excluding hydrogens is 222 g/mol. The Kier molecular flexibility index (Phi) is 3.27. The molecule has 0 atom stereocenters. The Balaban J connectivity index is 2.06. The van der Waals surface area contributed by atoms with Gasteiger partial charge in [-0.1, -0.05) is 23.7 Å². The van der Waals surface area contributed by atoms with Crippen molar-refractivity contribution in [1.29, 1.82) is 0 Å². The summed E-state index contributed by atoms with van der Waals surface area (Å²) in [5.41, 5.74) is 4.73. The topological polar surface area (TPSA) is 29.3 Å². The zero-order chi connectivity index (χ0) is 11.4. The molecule has 16 heavy (non-hydrogen) atoms. The van der Waals surface area contributed by atoms with Crippen LogP contribution in [-0.2, 0) is 7.05 Å². The van der Waals surface area contributed by atoms with Gasteiger partial charge < -0.3 is 4.57 Å². The number of aromatic nitrogens is 1. The first-order valence-electron chi connectivity index (χ1n) is 4.92. The Hall–Kier alpha value is -1.74. The summed E-state index contributed by atoms with van der Waals surface area (Å²) in [5, 5.41) is 4.78. The van der Waals surface area contributed by atoms with Gasteiger partial charge in [0.1, 0.15) is 0 Å². The van der Waals surface area contributed by atoms with E-state index in [1.165, 1.54) is 0 Å². The monoisotopic (exact) mass is 233 g/mol. The van der Waals surface area contributed by atoms with Crippen molar-refractivity contribution in [2.75, 3.05) is 5.43 Å². The van der Waals surface area contributed by atoms with Gasteiger partial charge >= 0.3 is 0 Å². The van der Waals surface area contributed by atoms with Crippen molar-refractivity contribution in [3.8, 4) is 0 Å². The smallest absolute Gasteiger partial charge is 0.0748 e. The van der Waals surface area contributed by atoms with Crippen LogP contribution in [0.3, 0.4) is 0 Å². The fourth-order valence-corrected chi connectivity index (χ4v) is 1.51. The molecule has 1 aromatic carbocycles. The molecule has 2 aromatic rings. The first-order valence-corrected chi connectivity index (χ1v) is 5.30. The van der Waals surface area contributed by atoms with Gasteiger partial charge in [0.05, 0.1) is 22.6 Å². The molecule has 0 radical (unpaired) electrons. The maximum Gasteiger partial charge on any atom is 0.0748 e. The van der Waals surface area contributed by atoms with Gasteiger partial charge in [0, 0.05) is 13.2 Å². The lowest BCUT2D eigenvalue weighted by atomic mass is 10.3. The molecule has 0 aliphatic heterocycles. The quantitative estimate of drug-likeness (QED) is 0.641. The number of nitrogens with one attached hydrogen (secondary N) is 1. The molecule has 0 bridgehead atoms. The van der Waals surface area contributed by atoms with E-state index in [2.05, 4.69) is 10.5 Å². The molecule has 1 aromatic heterocycles. The van der Waals surface area contributed by atoms with Crippen molar-refractivity contribution >= 4 is 23.5 Å². The third kappa shape index (κ3) is 2.44. The maximum atomic E-state index is 5.97. The minimum Gasteiger partial charge on any atom is -0.350 e. The summed E-state index contributed by atoms with van der Waals surface area (Å²) in [6, 6.07) is 11.4. The third-order valence-corrected chi connectivity index (χ3v) is 2.57. The summed E-state index contributed by atoms with van der Waals surface area (Å²) in [5.74, 6) is 0. The van der Waals surface area contributed by atoms with Crippen LogP contribution in [0.25, 0.3) is 0 Å². The molecule has 0 amide bonds. The lowest BCUT2D eigenvalue weighted by Crippen LogP contribution is -1.96. The second-order valence-electron chi connectivity index (χ2n) is 3.39. The number of anilines is 1. The third-order valence-electron chi connectivity index (χ3n) is 2.24. The maximum absolute atomic E-state index is 5.97. The van der Waals surface area contributed by atoms with Crippen LogP contribution in [0.1, 0.15) is 5.69 Å². The van der Waals surface area contributed by atoms with E-state index in [-0.39, 0.29) is 0 Å². The van der Waals surface area contributed by atoms with Gasteiger partial charge in [-0.05, 0) is 24.3 Å². The summed E-state index contributed by atoms with van der Waals surface area (Å²) in [7, 11) is 1.97. The van der Waals surface area contributed by atoms with Crippen LogP contribution in [0.5, 0.6) is 0 Å². The normalized spacial score (nSPS) is 10.9. The number of aryl methyl sites for hydroxylation is 1. The molecule has 0 saturated carbocycles. The number of hydrazone groups is 1. The summed E-state index contributed by atoms with van der Waals surface area (Å²) in [4.78, 5) is 0. The molecule has 4 heteroatoms. The lowest BCUT2D eigenvalue weighted by molar-refractivity contribution is 0.918. The predicted octanol–water partition coefficient (Wildman–Crippen LogP) is 3.12. The van der Waals surface area contributed by atoms with E-state index >= 15 is 0 Å². The molecular formula is C12H12ClN3. The van der Waals surface area contributed by atoms with Crippen molar-refractivity contribution in [1.82, 2.24) is 4.57 Å². The van der Waals surface area contributed by atoms with E-state index in [1.807, 2.05) is 54.2 Å². The van der Waals surface area contributed by atoms with Crippen molar-refractivity contribution in [2.24, 2.45) is 12.1 Å².